The SMILES string of the molecule is Cc1ccc(C(CC(=O)c2ccc(F)cc2)Nc2ccc(F)cc2)cc1. The Morgan fingerprint density at radius 3 is 1.96 bits per heavy atom. The van der Waals surface area contributed by atoms with Gasteiger partial charge in [-0.25, -0.2) is 8.78 Å². The number of anilines is 1. The summed E-state index contributed by atoms with van der Waals surface area (Å²) in [6, 6.07) is 19.2. The molecule has 3 rings (SSSR count). The lowest BCUT2D eigenvalue weighted by molar-refractivity contribution is 0.0976. The van der Waals surface area contributed by atoms with E-state index in [0.29, 0.717) is 5.56 Å². The number of Topliss-reactive ketones (excluding diaryl/α,β-unsaturated/α-hetero) is 1. The van der Waals surface area contributed by atoms with E-state index in [4.69, 9.17) is 0 Å². The van der Waals surface area contributed by atoms with Gasteiger partial charge in [0.25, 0.3) is 0 Å². The molecular formula is C22H19F2NO. The number of carbonyl (C=O) groups is 1. The average molecular weight is 351 g/mol. The highest BCUT2D eigenvalue weighted by molar-refractivity contribution is 5.96. The summed E-state index contributed by atoms with van der Waals surface area (Å²) in [7, 11) is 0. The summed E-state index contributed by atoms with van der Waals surface area (Å²) in [6.07, 6.45) is 0.200. The van der Waals surface area contributed by atoms with E-state index in [0.717, 1.165) is 16.8 Å². The summed E-state index contributed by atoms with van der Waals surface area (Å²) in [6.45, 7) is 2.00. The fourth-order valence-electron chi connectivity index (χ4n) is 2.74. The molecule has 1 unspecified atom stereocenters. The molecule has 0 aliphatic carbocycles. The molecule has 0 aliphatic rings. The van der Waals surface area contributed by atoms with Gasteiger partial charge in [-0.3, -0.25) is 4.79 Å². The van der Waals surface area contributed by atoms with Gasteiger partial charge in [-0.05, 0) is 61.0 Å². The van der Waals surface area contributed by atoms with Crippen molar-refractivity contribution in [2.45, 2.75) is 19.4 Å². The molecule has 3 aromatic carbocycles. The number of ketones is 1. The van der Waals surface area contributed by atoms with Crippen LogP contribution in [0.5, 0.6) is 0 Å². The van der Waals surface area contributed by atoms with E-state index >= 15 is 0 Å². The van der Waals surface area contributed by atoms with Crippen LogP contribution >= 0.6 is 0 Å². The predicted molar refractivity (Wildman–Crippen MR) is 99.3 cm³/mol. The molecule has 0 bridgehead atoms. The van der Waals surface area contributed by atoms with Crippen LogP contribution < -0.4 is 5.32 Å². The minimum atomic E-state index is -0.374. The average Bonchev–Trinajstić information content (AvgIpc) is 2.64. The maximum atomic E-state index is 13.1. The molecule has 0 amide bonds. The molecule has 0 saturated carbocycles. The van der Waals surface area contributed by atoms with Gasteiger partial charge >= 0.3 is 0 Å². The number of hydrogen-bond acceptors (Lipinski definition) is 2. The summed E-state index contributed by atoms with van der Waals surface area (Å²) in [5, 5.41) is 3.29. The molecule has 0 saturated heterocycles. The van der Waals surface area contributed by atoms with Crippen molar-refractivity contribution in [3.63, 3.8) is 0 Å². The van der Waals surface area contributed by atoms with Crippen molar-refractivity contribution < 1.29 is 13.6 Å². The second-order valence-corrected chi connectivity index (χ2v) is 6.25. The maximum absolute atomic E-state index is 13.1. The highest BCUT2D eigenvalue weighted by atomic mass is 19.1. The first-order valence-electron chi connectivity index (χ1n) is 8.39. The summed E-state index contributed by atoms with van der Waals surface area (Å²) in [5.41, 5.74) is 3.27. The minimum absolute atomic E-state index is 0.0924. The molecule has 4 heteroatoms. The lowest BCUT2D eigenvalue weighted by atomic mass is 9.97. The third-order valence-electron chi connectivity index (χ3n) is 4.22. The quantitative estimate of drug-likeness (QED) is 0.577. The number of rotatable bonds is 6. The maximum Gasteiger partial charge on any atom is 0.165 e. The van der Waals surface area contributed by atoms with E-state index < -0.39 is 0 Å². The number of aryl methyl sites for hydroxylation is 1. The Morgan fingerprint density at radius 1 is 0.846 bits per heavy atom. The zero-order valence-electron chi connectivity index (χ0n) is 14.4. The largest absolute Gasteiger partial charge is 0.378 e. The van der Waals surface area contributed by atoms with Gasteiger partial charge in [0.15, 0.2) is 5.78 Å². The monoisotopic (exact) mass is 351 g/mol. The summed E-state index contributed by atoms with van der Waals surface area (Å²) < 4.78 is 26.2. The second-order valence-electron chi connectivity index (χ2n) is 6.25. The van der Waals surface area contributed by atoms with E-state index in [2.05, 4.69) is 5.32 Å². The standard InChI is InChI=1S/C22H19F2NO/c1-15-2-4-16(5-3-15)21(25-20-12-10-19(24)11-13-20)14-22(26)17-6-8-18(23)9-7-17/h2-13,21,25H,14H2,1H3. The Balaban J connectivity index is 1.84. The van der Waals surface area contributed by atoms with Crippen LogP contribution in [0.1, 0.15) is 33.9 Å². The number of nitrogens with one attached hydrogen (secondary N) is 1. The summed E-state index contributed by atoms with van der Waals surface area (Å²) in [4.78, 5) is 12.6. The molecule has 1 atom stereocenters. The topological polar surface area (TPSA) is 29.1 Å². The summed E-state index contributed by atoms with van der Waals surface area (Å²) in [5.74, 6) is -0.781. The van der Waals surface area contributed by atoms with Crippen molar-refractivity contribution in [1.29, 1.82) is 0 Å². The Bertz CT molecular complexity index is 872. The van der Waals surface area contributed by atoms with E-state index in [1.807, 2.05) is 31.2 Å². The van der Waals surface area contributed by atoms with E-state index in [1.165, 1.54) is 36.4 Å². The van der Waals surface area contributed by atoms with Gasteiger partial charge in [-0.2, -0.15) is 0 Å². The van der Waals surface area contributed by atoms with Crippen LogP contribution in [0.2, 0.25) is 0 Å². The number of halogens is 2. The van der Waals surface area contributed by atoms with E-state index in [-0.39, 0.29) is 29.9 Å². The molecule has 0 spiro atoms. The van der Waals surface area contributed by atoms with Crippen LogP contribution in [0.15, 0.2) is 72.8 Å². The fourth-order valence-corrected chi connectivity index (χ4v) is 2.74. The molecule has 0 heterocycles. The Hall–Kier alpha value is -3.01. The van der Waals surface area contributed by atoms with Gasteiger partial charge < -0.3 is 5.32 Å². The Morgan fingerprint density at radius 2 is 1.38 bits per heavy atom. The first kappa shape index (κ1) is 17.8. The number of hydrogen-bond donors (Lipinski definition) is 1. The van der Waals surface area contributed by atoms with Gasteiger partial charge in [0.2, 0.25) is 0 Å². The van der Waals surface area contributed by atoms with Crippen LogP contribution in [0.4, 0.5) is 14.5 Å². The summed E-state index contributed by atoms with van der Waals surface area (Å²) >= 11 is 0. The van der Waals surface area contributed by atoms with Gasteiger partial charge in [0.05, 0.1) is 6.04 Å². The van der Waals surface area contributed by atoms with Gasteiger partial charge in [-0.15, -0.1) is 0 Å². The van der Waals surface area contributed by atoms with Crippen molar-refractivity contribution in [2.75, 3.05) is 5.32 Å². The van der Waals surface area contributed by atoms with Crippen LogP contribution in [0, 0.1) is 18.6 Å². The Kier molecular flexibility index (Phi) is 5.42. The van der Waals surface area contributed by atoms with Crippen LogP contribution in [-0.4, -0.2) is 5.78 Å². The molecule has 1 N–H and O–H groups in total. The van der Waals surface area contributed by atoms with Crippen LogP contribution in [0.3, 0.4) is 0 Å². The fraction of sp³-hybridized carbons (Fsp3) is 0.136. The van der Waals surface area contributed by atoms with Crippen molar-refractivity contribution in [3.8, 4) is 0 Å². The lowest BCUT2D eigenvalue weighted by Crippen LogP contribution is -2.16. The van der Waals surface area contributed by atoms with Crippen molar-refractivity contribution in [2.24, 2.45) is 0 Å². The highest BCUT2D eigenvalue weighted by Crippen LogP contribution is 2.25. The molecule has 2 nitrogen and oxygen atoms in total. The molecule has 0 aliphatic heterocycles. The molecule has 0 aromatic heterocycles. The zero-order chi connectivity index (χ0) is 18.5. The molecule has 132 valence electrons. The predicted octanol–water partition coefficient (Wildman–Crippen LogP) is 5.70. The molecule has 26 heavy (non-hydrogen) atoms. The van der Waals surface area contributed by atoms with Crippen molar-refractivity contribution in [3.05, 3.63) is 101 Å². The van der Waals surface area contributed by atoms with Crippen molar-refractivity contribution in [1.82, 2.24) is 0 Å². The Labute approximate surface area is 151 Å². The lowest BCUT2D eigenvalue weighted by Gasteiger charge is -2.20. The number of benzene rings is 3. The third kappa shape index (κ3) is 4.54. The minimum Gasteiger partial charge on any atom is -0.378 e. The van der Waals surface area contributed by atoms with Crippen LogP contribution in [0.25, 0.3) is 0 Å². The zero-order valence-corrected chi connectivity index (χ0v) is 14.4. The first-order chi connectivity index (χ1) is 12.5. The van der Waals surface area contributed by atoms with Gasteiger partial charge in [0.1, 0.15) is 11.6 Å². The van der Waals surface area contributed by atoms with Crippen LogP contribution in [-0.2, 0) is 0 Å². The van der Waals surface area contributed by atoms with E-state index in [1.54, 1.807) is 12.1 Å². The molecule has 3 aromatic rings. The normalized spacial score (nSPS) is 11.8. The molecule has 0 radical (unpaired) electrons. The van der Waals surface area contributed by atoms with Crippen molar-refractivity contribution >= 4 is 11.5 Å². The number of carbonyl (C=O) groups excluding carboxylic acids is 1. The first-order valence-corrected chi connectivity index (χ1v) is 8.39. The highest BCUT2D eigenvalue weighted by Gasteiger charge is 2.17. The molecule has 0 fully saturated rings. The third-order valence-corrected chi connectivity index (χ3v) is 4.22. The van der Waals surface area contributed by atoms with Gasteiger partial charge in [0, 0.05) is 17.7 Å². The smallest absolute Gasteiger partial charge is 0.165 e. The second kappa shape index (κ2) is 7.91. The molecular weight excluding hydrogens is 332 g/mol. The van der Waals surface area contributed by atoms with Gasteiger partial charge in [-0.1, -0.05) is 29.8 Å². The van der Waals surface area contributed by atoms with E-state index in [9.17, 15) is 13.6 Å².